The first-order valence-electron chi connectivity index (χ1n) is 8.54. The number of aromatic nitrogens is 2. The van der Waals surface area contributed by atoms with Crippen molar-refractivity contribution in [1.82, 2.24) is 9.97 Å². The second kappa shape index (κ2) is 7.28. The van der Waals surface area contributed by atoms with E-state index in [-0.39, 0.29) is 17.2 Å². The number of nitrogens with one attached hydrogen (secondary N) is 3. The van der Waals surface area contributed by atoms with Gasteiger partial charge in [0.05, 0.1) is 23.2 Å². The minimum absolute atomic E-state index is 0.0986. The van der Waals surface area contributed by atoms with Crippen molar-refractivity contribution in [3.63, 3.8) is 0 Å². The molecule has 0 saturated heterocycles. The lowest BCUT2D eigenvalue weighted by Crippen LogP contribution is -2.13. The van der Waals surface area contributed by atoms with E-state index in [9.17, 15) is 13.2 Å². The Morgan fingerprint density at radius 2 is 2.00 bits per heavy atom. The summed E-state index contributed by atoms with van der Waals surface area (Å²) in [5.41, 5.74) is 2.68. The third-order valence-electron chi connectivity index (χ3n) is 4.22. The summed E-state index contributed by atoms with van der Waals surface area (Å²) < 4.78 is 27.7. The van der Waals surface area contributed by atoms with Crippen LogP contribution in [0.2, 0.25) is 0 Å². The largest absolute Gasteiger partial charge is 0.366 e. The number of anilines is 3. The van der Waals surface area contributed by atoms with Crippen LogP contribution < -0.4 is 15.4 Å². The van der Waals surface area contributed by atoms with Gasteiger partial charge < -0.3 is 10.6 Å². The van der Waals surface area contributed by atoms with Crippen molar-refractivity contribution in [3.8, 4) is 0 Å². The summed E-state index contributed by atoms with van der Waals surface area (Å²) in [4.78, 5) is 19.8. The van der Waals surface area contributed by atoms with Crippen LogP contribution in [0.1, 0.15) is 11.1 Å². The fraction of sp³-hybridized carbons (Fsp3) is 0.105. The maximum Gasteiger partial charge on any atom is 0.261 e. The molecule has 0 spiro atoms. The van der Waals surface area contributed by atoms with E-state index in [1.807, 2.05) is 12.1 Å². The number of nitrogens with zero attached hydrogens (tertiary/aromatic N) is 2. The molecule has 28 heavy (non-hydrogen) atoms. The highest BCUT2D eigenvalue weighted by molar-refractivity contribution is 7.92. The number of pyridine rings is 2. The minimum atomic E-state index is -3.78. The summed E-state index contributed by atoms with van der Waals surface area (Å²) in [5.74, 6) is 0.477. The maximum atomic E-state index is 12.6. The van der Waals surface area contributed by atoms with Gasteiger partial charge in [-0.3, -0.25) is 14.5 Å². The smallest absolute Gasteiger partial charge is 0.261 e. The lowest BCUT2D eigenvalue weighted by Gasteiger charge is -2.10. The molecule has 0 saturated carbocycles. The van der Waals surface area contributed by atoms with Crippen molar-refractivity contribution in [2.24, 2.45) is 0 Å². The summed E-state index contributed by atoms with van der Waals surface area (Å²) in [6.07, 6.45) is 5.09. The summed E-state index contributed by atoms with van der Waals surface area (Å²) in [6.45, 7) is 0.563. The van der Waals surface area contributed by atoms with Crippen LogP contribution in [0.25, 0.3) is 0 Å². The van der Waals surface area contributed by atoms with Crippen LogP contribution in [0.4, 0.5) is 17.2 Å². The maximum absolute atomic E-state index is 12.6. The molecule has 3 heterocycles. The zero-order chi connectivity index (χ0) is 19.6. The first-order valence-corrected chi connectivity index (χ1v) is 10.0. The minimum Gasteiger partial charge on any atom is -0.366 e. The first-order chi connectivity index (χ1) is 13.5. The van der Waals surface area contributed by atoms with Crippen LogP contribution in [0, 0.1) is 0 Å². The van der Waals surface area contributed by atoms with Crippen molar-refractivity contribution >= 4 is 33.1 Å². The van der Waals surface area contributed by atoms with Gasteiger partial charge in [-0.1, -0.05) is 6.07 Å². The predicted molar refractivity (Wildman–Crippen MR) is 105 cm³/mol. The van der Waals surface area contributed by atoms with E-state index in [2.05, 4.69) is 25.3 Å². The van der Waals surface area contributed by atoms with Gasteiger partial charge in [0.2, 0.25) is 5.91 Å². The number of carbonyl (C=O) groups excluding carboxylic acids is 1. The van der Waals surface area contributed by atoms with Crippen molar-refractivity contribution in [3.05, 3.63) is 72.2 Å². The molecule has 9 heteroatoms. The monoisotopic (exact) mass is 395 g/mol. The zero-order valence-electron chi connectivity index (χ0n) is 14.7. The van der Waals surface area contributed by atoms with Gasteiger partial charge in [0.25, 0.3) is 10.0 Å². The van der Waals surface area contributed by atoms with Crippen LogP contribution in [0.3, 0.4) is 0 Å². The SMILES string of the molecule is O=C1Cc2cc(S(=O)(=O)Nc3ccc(NCc4cccnc4)nc3)ccc2N1. The van der Waals surface area contributed by atoms with Gasteiger partial charge in [-0.2, -0.15) is 0 Å². The Morgan fingerprint density at radius 3 is 2.75 bits per heavy atom. The molecule has 0 atom stereocenters. The molecule has 0 bridgehead atoms. The molecule has 142 valence electrons. The Balaban J connectivity index is 1.43. The Kier molecular flexibility index (Phi) is 4.66. The average Bonchev–Trinajstić information content (AvgIpc) is 3.07. The van der Waals surface area contributed by atoms with E-state index in [4.69, 9.17) is 0 Å². The number of benzene rings is 1. The van der Waals surface area contributed by atoms with Gasteiger partial charge in [0.15, 0.2) is 0 Å². The van der Waals surface area contributed by atoms with Gasteiger partial charge in [0, 0.05) is 24.6 Å². The number of hydrogen-bond acceptors (Lipinski definition) is 6. The van der Waals surface area contributed by atoms with E-state index in [1.165, 1.54) is 18.3 Å². The van der Waals surface area contributed by atoms with Gasteiger partial charge in [-0.05, 0) is 47.5 Å². The summed E-state index contributed by atoms with van der Waals surface area (Å²) in [5, 5.41) is 5.83. The van der Waals surface area contributed by atoms with Crippen molar-refractivity contribution in [2.45, 2.75) is 17.9 Å². The highest BCUT2D eigenvalue weighted by Crippen LogP contribution is 2.26. The van der Waals surface area contributed by atoms with Gasteiger partial charge in [-0.15, -0.1) is 0 Å². The van der Waals surface area contributed by atoms with Crippen LogP contribution in [-0.4, -0.2) is 24.3 Å². The molecule has 3 aromatic rings. The molecule has 1 amide bonds. The van der Waals surface area contributed by atoms with Crippen molar-refractivity contribution < 1.29 is 13.2 Å². The molecule has 1 aromatic carbocycles. The molecule has 0 unspecified atom stereocenters. The number of amides is 1. The van der Waals surface area contributed by atoms with E-state index in [1.54, 1.807) is 30.6 Å². The zero-order valence-corrected chi connectivity index (χ0v) is 15.5. The van der Waals surface area contributed by atoms with Gasteiger partial charge in [-0.25, -0.2) is 13.4 Å². The van der Waals surface area contributed by atoms with E-state index in [0.29, 0.717) is 29.3 Å². The second-order valence-electron chi connectivity index (χ2n) is 6.30. The van der Waals surface area contributed by atoms with E-state index >= 15 is 0 Å². The molecule has 1 aliphatic heterocycles. The van der Waals surface area contributed by atoms with Crippen molar-refractivity contribution in [1.29, 1.82) is 0 Å². The molecule has 4 rings (SSSR count). The molecule has 1 aliphatic rings. The van der Waals surface area contributed by atoms with Crippen LogP contribution in [0.15, 0.2) is 66.0 Å². The Bertz CT molecular complexity index is 1120. The summed E-state index contributed by atoms with van der Waals surface area (Å²) >= 11 is 0. The van der Waals surface area contributed by atoms with E-state index < -0.39 is 10.0 Å². The first kappa shape index (κ1) is 17.9. The fourth-order valence-electron chi connectivity index (χ4n) is 2.84. The third-order valence-corrected chi connectivity index (χ3v) is 5.60. The van der Waals surface area contributed by atoms with E-state index in [0.717, 1.165) is 5.56 Å². The van der Waals surface area contributed by atoms with Crippen LogP contribution in [-0.2, 0) is 27.8 Å². The molecule has 2 aromatic heterocycles. The quantitative estimate of drug-likeness (QED) is 0.591. The highest BCUT2D eigenvalue weighted by Gasteiger charge is 2.22. The highest BCUT2D eigenvalue weighted by atomic mass is 32.2. The average molecular weight is 395 g/mol. The third kappa shape index (κ3) is 3.94. The number of sulfonamides is 1. The molecular formula is C19H17N5O3S. The molecule has 8 nitrogen and oxygen atoms in total. The lowest BCUT2D eigenvalue weighted by molar-refractivity contribution is -0.115. The van der Waals surface area contributed by atoms with Crippen LogP contribution >= 0.6 is 0 Å². The van der Waals surface area contributed by atoms with Gasteiger partial charge in [0.1, 0.15) is 5.82 Å². The molecule has 0 aliphatic carbocycles. The summed E-state index contributed by atoms with van der Waals surface area (Å²) in [7, 11) is -3.78. The topological polar surface area (TPSA) is 113 Å². The molecule has 3 N–H and O–H groups in total. The molecule has 0 fully saturated rings. The standard InChI is InChI=1S/C19H17N5O3S/c25-19-9-14-8-16(4-5-17(14)23-19)28(26,27)24-15-3-6-18(22-12-15)21-11-13-2-1-7-20-10-13/h1-8,10,12,24H,9,11H2,(H,21,22)(H,23,25). The number of rotatable bonds is 6. The fourth-order valence-corrected chi connectivity index (χ4v) is 3.93. The number of fused-ring (bicyclic) bond motifs is 1. The number of hydrogen-bond donors (Lipinski definition) is 3. The van der Waals surface area contributed by atoms with Crippen molar-refractivity contribution in [2.75, 3.05) is 15.4 Å². The normalized spacial score (nSPS) is 12.9. The molecule has 0 radical (unpaired) electrons. The Hall–Kier alpha value is -3.46. The Morgan fingerprint density at radius 1 is 1.11 bits per heavy atom. The summed E-state index contributed by atoms with van der Waals surface area (Å²) in [6, 6.07) is 11.7. The number of carbonyl (C=O) groups is 1. The van der Waals surface area contributed by atoms with Crippen LogP contribution in [0.5, 0.6) is 0 Å². The predicted octanol–water partition coefficient (Wildman–Crippen LogP) is 2.38. The Labute approximate surface area is 162 Å². The lowest BCUT2D eigenvalue weighted by atomic mass is 10.2. The van der Waals surface area contributed by atoms with Gasteiger partial charge >= 0.3 is 0 Å². The second-order valence-corrected chi connectivity index (χ2v) is 7.98. The molecular weight excluding hydrogens is 378 g/mol.